The topological polar surface area (TPSA) is 58.2 Å². The standard InChI is InChI=1S/C18H18F2N2O2S2/c19-13-1-5-15(6-2-13)21-17(23)9-11-25-26-12-10-18(24)22-16-7-3-14(20)4-8-16/h1-8H,9-12H2,(H,21,23)(H,22,24). The van der Waals surface area contributed by atoms with Gasteiger partial charge in [-0.15, -0.1) is 0 Å². The van der Waals surface area contributed by atoms with E-state index in [4.69, 9.17) is 0 Å². The number of carbonyl (C=O) groups is 2. The molecular formula is C18H18F2N2O2S2. The maximum Gasteiger partial charge on any atom is 0.225 e. The van der Waals surface area contributed by atoms with Crippen LogP contribution in [0, 0.1) is 11.6 Å². The highest BCUT2D eigenvalue weighted by Gasteiger charge is 2.05. The van der Waals surface area contributed by atoms with Crippen LogP contribution in [0.2, 0.25) is 0 Å². The Hall–Kier alpha value is -2.06. The Balaban J connectivity index is 1.53. The maximum absolute atomic E-state index is 12.8. The highest BCUT2D eigenvalue weighted by atomic mass is 33.1. The SMILES string of the molecule is O=C(CCSSCCC(=O)Nc1ccc(F)cc1)Nc1ccc(F)cc1. The maximum atomic E-state index is 12.8. The third-order valence-corrected chi connectivity index (χ3v) is 5.57. The number of benzene rings is 2. The molecule has 0 fully saturated rings. The van der Waals surface area contributed by atoms with Crippen LogP contribution in [0.1, 0.15) is 12.8 Å². The van der Waals surface area contributed by atoms with Crippen molar-refractivity contribution >= 4 is 44.8 Å². The number of nitrogens with one attached hydrogen (secondary N) is 2. The number of anilines is 2. The van der Waals surface area contributed by atoms with E-state index in [9.17, 15) is 18.4 Å². The van der Waals surface area contributed by atoms with Gasteiger partial charge in [-0.3, -0.25) is 9.59 Å². The first-order valence-corrected chi connectivity index (χ1v) is 10.4. The predicted molar refractivity (Wildman–Crippen MR) is 104 cm³/mol. The first kappa shape index (κ1) is 20.3. The molecule has 0 aliphatic heterocycles. The lowest BCUT2D eigenvalue weighted by molar-refractivity contribution is -0.116. The molecule has 2 rings (SSSR count). The number of halogens is 2. The molecule has 2 aromatic rings. The van der Waals surface area contributed by atoms with Crippen molar-refractivity contribution in [3.05, 3.63) is 60.2 Å². The van der Waals surface area contributed by atoms with Gasteiger partial charge in [0.2, 0.25) is 11.8 Å². The van der Waals surface area contributed by atoms with Gasteiger partial charge < -0.3 is 10.6 Å². The summed E-state index contributed by atoms with van der Waals surface area (Å²) < 4.78 is 25.6. The van der Waals surface area contributed by atoms with Crippen LogP contribution < -0.4 is 10.6 Å². The highest BCUT2D eigenvalue weighted by molar-refractivity contribution is 8.76. The first-order chi connectivity index (χ1) is 12.5. The van der Waals surface area contributed by atoms with Crippen molar-refractivity contribution in [2.45, 2.75) is 12.8 Å². The lowest BCUT2D eigenvalue weighted by Gasteiger charge is -2.06. The average molecular weight is 396 g/mol. The Labute approximate surface area is 158 Å². The molecule has 2 aromatic carbocycles. The second-order valence-corrected chi connectivity index (χ2v) is 7.96. The second-order valence-electron chi connectivity index (χ2n) is 5.25. The number of carbonyl (C=O) groups excluding carboxylic acids is 2. The van der Waals surface area contributed by atoms with Gasteiger partial charge in [-0.2, -0.15) is 0 Å². The van der Waals surface area contributed by atoms with Crippen molar-refractivity contribution < 1.29 is 18.4 Å². The van der Waals surface area contributed by atoms with Crippen LogP contribution in [0.3, 0.4) is 0 Å². The zero-order valence-electron chi connectivity index (χ0n) is 13.8. The molecule has 0 radical (unpaired) electrons. The van der Waals surface area contributed by atoms with Crippen LogP contribution in [0.5, 0.6) is 0 Å². The van der Waals surface area contributed by atoms with Crippen molar-refractivity contribution in [3.8, 4) is 0 Å². The van der Waals surface area contributed by atoms with E-state index < -0.39 is 0 Å². The van der Waals surface area contributed by atoms with Crippen molar-refractivity contribution in [2.24, 2.45) is 0 Å². The fourth-order valence-electron chi connectivity index (χ4n) is 1.90. The van der Waals surface area contributed by atoms with Crippen LogP contribution >= 0.6 is 21.6 Å². The van der Waals surface area contributed by atoms with E-state index in [-0.39, 0.29) is 23.4 Å². The van der Waals surface area contributed by atoms with Crippen molar-refractivity contribution in [2.75, 3.05) is 22.1 Å². The largest absolute Gasteiger partial charge is 0.326 e. The van der Waals surface area contributed by atoms with Gasteiger partial charge in [0.05, 0.1) is 0 Å². The second kappa shape index (κ2) is 10.8. The number of hydrogen-bond donors (Lipinski definition) is 2. The average Bonchev–Trinajstić information content (AvgIpc) is 2.62. The molecule has 4 nitrogen and oxygen atoms in total. The zero-order chi connectivity index (χ0) is 18.8. The first-order valence-electron chi connectivity index (χ1n) is 7.88. The third kappa shape index (κ3) is 7.88. The minimum Gasteiger partial charge on any atom is -0.326 e. The van der Waals surface area contributed by atoms with Crippen LogP contribution in [-0.4, -0.2) is 23.3 Å². The molecule has 0 aliphatic rings. The Kier molecular flexibility index (Phi) is 8.43. The monoisotopic (exact) mass is 396 g/mol. The van der Waals surface area contributed by atoms with Gasteiger partial charge >= 0.3 is 0 Å². The van der Waals surface area contributed by atoms with E-state index in [1.165, 1.54) is 70.1 Å². The molecule has 0 aromatic heterocycles. The van der Waals surface area contributed by atoms with Gasteiger partial charge in [-0.05, 0) is 48.5 Å². The van der Waals surface area contributed by atoms with Gasteiger partial charge in [0.1, 0.15) is 11.6 Å². The van der Waals surface area contributed by atoms with Crippen LogP contribution in [0.15, 0.2) is 48.5 Å². The van der Waals surface area contributed by atoms with Crippen LogP contribution in [0.25, 0.3) is 0 Å². The van der Waals surface area contributed by atoms with E-state index >= 15 is 0 Å². The summed E-state index contributed by atoms with van der Waals surface area (Å²) in [5.41, 5.74) is 1.12. The van der Waals surface area contributed by atoms with Crippen molar-refractivity contribution in [1.29, 1.82) is 0 Å². The third-order valence-electron chi connectivity index (χ3n) is 3.16. The Bertz CT molecular complexity index is 661. The molecule has 0 bridgehead atoms. The molecule has 138 valence electrons. The van der Waals surface area contributed by atoms with E-state index in [1.807, 2.05) is 0 Å². The number of hydrogen-bond acceptors (Lipinski definition) is 4. The summed E-state index contributed by atoms with van der Waals surface area (Å²) in [7, 11) is 3.02. The summed E-state index contributed by atoms with van der Waals surface area (Å²) in [6.07, 6.45) is 0.660. The molecule has 0 unspecified atom stereocenters. The minimum absolute atomic E-state index is 0.140. The minimum atomic E-state index is -0.349. The van der Waals surface area contributed by atoms with Crippen LogP contribution in [0.4, 0.5) is 20.2 Å². The molecular weight excluding hydrogens is 378 g/mol. The van der Waals surface area contributed by atoms with E-state index in [0.717, 1.165) is 0 Å². The summed E-state index contributed by atoms with van der Waals surface area (Å²) in [6.45, 7) is 0. The zero-order valence-corrected chi connectivity index (χ0v) is 15.5. The molecule has 0 aliphatic carbocycles. The number of rotatable bonds is 9. The molecule has 8 heteroatoms. The molecule has 2 amide bonds. The Morgan fingerprint density at radius 3 is 1.38 bits per heavy atom. The lowest BCUT2D eigenvalue weighted by Crippen LogP contribution is -2.12. The Morgan fingerprint density at radius 2 is 1.04 bits per heavy atom. The van der Waals surface area contributed by atoms with E-state index in [2.05, 4.69) is 10.6 Å². The van der Waals surface area contributed by atoms with Gasteiger partial charge in [-0.1, -0.05) is 21.6 Å². The van der Waals surface area contributed by atoms with Crippen molar-refractivity contribution in [1.82, 2.24) is 0 Å². The Morgan fingerprint density at radius 1 is 0.692 bits per heavy atom. The highest BCUT2D eigenvalue weighted by Crippen LogP contribution is 2.23. The van der Waals surface area contributed by atoms with Crippen molar-refractivity contribution in [3.63, 3.8) is 0 Å². The van der Waals surface area contributed by atoms with E-state index in [1.54, 1.807) is 0 Å². The summed E-state index contributed by atoms with van der Waals surface area (Å²) in [6, 6.07) is 11.2. The number of amides is 2. The van der Waals surface area contributed by atoms with Gasteiger partial charge in [0, 0.05) is 35.7 Å². The summed E-state index contributed by atoms with van der Waals surface area (Å²) in [5, 5.41) is 5.38. The van der Waals surface area contributed by atoms with E-state index in [0.29, 0.717) is 35.7 Å². The van der Waals surface area contributed by atoms with Gasteiger partial charge in [-0.25, -0.2) is 8.78 Å². The fraction of sp³-hybridized carbons (Fsp3) is 0.222. The van der Waals surface area contributed by atoms with Gasteiger partial charge in [0.25, 0.3) is 0 Å². The molecule has 0 atom stereocenters. The predicted octanol–water partition coefficient (Wildman–Crippen LogP) is 4.70. The summed E-state index contributed by atoms with van der Waals surface area (Å²) in [4.78, 5) is 23.5. The molecule has 0 saturated carbocycles. The molecule has 2 N–H and O–H groups in total. The molecule has 0 saturated heterocycles. The molecule has 26 heavy (non-hydrogen) atoms. The molecule has 0 spiro atoms. The quantitative estimate of drug-likeness (QED) is 0.476. The fourth-order valence-corrected chi connectivity index (χ4v) is 3.88. The summed E-state index contributed by atoms with van der Waals surface area (Å²) >= 11 is 0. The van der Waals surface area contributed by atoms with Crippen LogP contribution in [-0.2, 0) is 9.59 Å². The van der Waals surface area contributed by atoms with Gasteiger partial charge in [0.15, 0.2) is 0 Å². The smallest absolute Gasteiger partial charge is 0.225 e. The lowest BCUT2D eigenvalue weighted by atomic mass is 10.3. The molecule has 0 heterocycles. The summed E-state index contributed by atoms with van der Waals surface area (Å²) in [5.74, 6) is 0.239. The normalized spacial score (nSPS) is 10.4.